The Hall–Kier alpha value is -1.53. The van der Waals surface area contributed by atoms with E-state index >= 15 is 0 Å². The maximum atomic E-state index is 12.0. The van der Waals surface area contributed by atoms with Crippen LogP contribution in [0.25, 0.3) is 0 Å². The summed E-state index contributed by atoms with van der Waals surface area (Å²) in [6.07, 6.45) is 1.36. The van der Waals surface area contributed by atoms with Gasteiger partial charge in [-0.15, -0.1) is 0 Å². The Morgan fingerprint density at radius 1 is 1.31 bits per heavy atom. The molecule has 0 amide bonds. The molecule has 6 heteroatoms. The third kappa shape index (κ3) is 1.77. The number of sulfonamides is 1. The quantitative estimate of drug-likeness (QED) is 0.767. The minimum absolute atomic E-state index is 0.173. The first-order chi connectivity index (χ1) is 7.54. The Balaban J connectivity index is 2.28. The van der Waals surface area contributed by atoms with Gasteiger partial charge < -0.3 is 0 Å². The summed E-state index contributed by atoms with van der Waals surface area (Å²) in [5.41, 5.74) is 3.41. The molecule has 0 unspecified atom stereocenters. The van der Waals surface area contributed by atoms with Crippen molar-refractivity contribution in [2.75, 3.05) is 6.54 Å². The van der Waals surface area contributed by atoms with Gasteiger partial charge in [-0.2, -0.15) is 0 Å². The highest BCUT2D eigenvalue weighted by Crippen LogP contribution is 2.22. The number of rotatable bonds is 3. The molecule has 1 aliphatic rings. The smallest absolute Gasteiger partial charge is 0.264 e. The van der Waals surface area contributed by atoms with Gasteiger partial charge >= 0.3 is 0 Å². The lowest BCUT2D eigenvalue weighted by molar-refractivity contribution is 0.183. The number of hydroxylamine groups is 1. The topological polar surface area (TPSA) is 69.6 Å². The van der Waals surface area contributed by atoms with Crippen LogP contribution < -0.4 is 5.48 Å². The summed E-state index contributed by atoms with van der Waals surface area (Å²) in [5, 5.41) is 8.54. The van der Waals surface area contributed by atoms with Crippen molar-refractivity contribution in [3.63, 3.8) is 0 Å². The van der Waals surface area contributed by atoms with Gasteiger partial charge in [0.1, 0.15) is 0 Å². The van der Waals surface area contributed by atoms with E-state index in [-0.39, 0.29) is 11.4 Å². The molecule has 5 nitrogen and oxygen atoms in total. The highest BCUT2D eigenvalue weighted by Gasteiger charge is 2.28. The third-order valence-electron chi connectivity index (χ3n) is 2.40. The van der Waals surface area contributed by atoms with Crippen molar-refractivity contribution >= 4 is 10.0 Å². The van der Waals surface area contributed by atoms with E-state index in [1.165, 1.54) is 10.5 Å². The fourth-order valence-electron chi connectivity index (χ4n) is 1.38. The molecule has 86 valence electrons. The molecule has 1 heterocycles. The van der Waals surface area contributed by atoms with E-state index in [0.717, 1.165) is 5.56 Å². The molecule has 0 radical (unpaired) electrons. The SMILES string of the molecule is Cc1ccc(S(=O)(=O)N2C=C(NO)C2)cc1. The molecule has 2 N–H and O–H groups in total. The van der Waals surface area contributed by atoms with Crippen LogP contribution in [0.2, 0.25) is 0 Å². The molecule has 1 aromatic rings. The number of aryl methyl sites for hydroxylation is 1. The highest BCUT2D eigenvalue weighted by atomic mass is 32.2. The van der Waals surface area contributed by atoms with Crippen molar-refractivity contribution in [3.8, 4) is 0 Å². The predicted molar refractivity (Wildman–Crippen MR) is 58.1 cm³/mol. The van der Waals surface area contributed by atoms with Crippen molar-refractivity contribution in [1.29, 1.82) is 0 Å². The van der Waals surface area contributed by atoms with Gasteiger partial charge in [0, 0.05) is 6.20 Å². The standard InChI is InChI=1S/C10H12N2O3S/c1-8-2-4-10(5-3-8)16(14,15)12-6-9(7-12)11-13/h2-6,11,13H,7H2,1H3. The summed E-state index contributed by atoms with van der Waals surface area (Å²) >= 11 is 0. The van der Waals surface area contributed by atoms with E-state index in [2.05, 4.69) is 0 Å². The van der Waals surface area contributed by atoms with Gasteiger partial charge in [-0.1, -0.05) is 17.7 Å². The molecule has 0 aliphatic carbocycles. The van der Waals surface area contributed by atoms with Gasteiger partial charge in [0.25, 0.3) is 10.0 Å². The predicted octanol–water partition coefficient (Wildman–Crippen LogP) is 0.820. The zero-order valence-electron chi connectivity index (χ0n) is 8.71. The van der Waals surface area contributed by atoms with Gasteiger partial charge in [-0.05, 0) is 19.1 Å². The van der Waals surface area contributed by atoms with Gasteiger partial charge in [0.2, 0.25) is 0 Å². The van der Waals surface area contributed by atoms with Crippen molar-refractivity contribution in [3.05, 3.63) is 41.7 Å². The van der Waals surface area contributed by atoms with Gasteiger partial charge in [-0.25, -0.2) is 8.42 Å². The number of nitrogens with one attached hydrogen (secondary N) is 1. The zero-order valence-corrected chi connectivity index (χ0v) is 9.53. The van der Waals surface area contributed by atoms with Crippen LogP contribution in [-0.4, -0.2) is 24.5 Å². The fourth-order valence-corrected chi connectivity index (χ4v) is 2.71. The van der Waals surface area contributed by atoms with E-state index in [9.17, 15) is 8.42 Å². The first-order valence-electron chi connectivity index (χ1n) is 4.73. The van der Waals surface area contributed by atoms with Crippen LogP contribution in [0.3, 0.4) is 0 Å². The maximum Gasteiger partial charge on any atom is 0.264 e. The van der Waals surface area contributed by atoms with Crippen LogP contribution in [0, 0.1) is 6.92 Å². The van der Waals surface area contributed by atoms with Gasteiger partial charge in [0.15, 0.2) is 0 Å². The average molecular weight is 240 g/mol. The molecule has 1 aromatic carbocycles. The number of nitrogens with zero attached hydrogens (tertiary/aromatic N) is 1. The largest absolute Gasteiger partial charge is 0.291 e. The van der Waals surface area contributed by atoms with Crippen LogP contribution in [-0.2, 0) is 10.0 Å². The summed E-state index contributed by atoms with van der Waals surface area (Å²) in [4.78, 5) is 0.256. The zero-order chi connectivity index (χ0) is 11.8. The summed E-state index contributed by atoms with van der Waals surface area (Å²) in [7, 11) is -3.46. The normalized spacial score (nSPS) is 15.4. The summed E-state index contributed by atoms with van der Waals surface area (Å²) in [5.74, 6) is 0. The molecule has 0 aromatic heterocycles. The highest BCUT2D eigenvalue weighted by molar-refractivity contribution is 7.89. The van der Waals surface area contributed by atoms with Crippen LogP contribution >= 0.6 is 0 Å². The number of benzene rings is 1. The van der Waals surface area contributed by atoms with E-state index in [1.807, 2.05) is 12.4 Å². The van der Waals surface area contributed by atoms with Gasteiger partial charge in [0.05, 0.1) is 17.1 Å². The number of hydrogen-bond donors (Lipinski definition) is 2. The van der Waals surface area contributed by atoms with E-state index in [1.54, 1.807) is 24.3 Å². The molecule has 0 spiro atoms. The molecular formula is C10H12N2O3S. The van der Waals surface area contributed by atoms with Crippen molar-refractivity contribution in [1.82, 2.24) is 9.79 Å². The van der Waals surface area contributed by atoms with Crippen LogP contribution in [0.4, 0.5) is 0 Å². The molecule has 1 aliphatic heterocycles. The Morgan fingerprint density at radius 3 is 2.38 bits per heavy atom. The minimum Gasteiger partial charge on any atom is -0.291 e. The molecule has 0 bridgehead atoms. The van der Waals surface area contributed by atoms with E-state index < -0.39 is 10.0 Å². The Bertz CT molecular complexity index is 520. The summed E-state index contributed by atoms with van der Waals surface area (Å²) in [6.45, 7) is 2.07. The first kappa shape index (κ1) is 11.0. The fraction of sp³-hybridized carbons (Fsp3) is 0.200. The summed E-state index contributed by atoms with van der Waals surface area (Å²) < 4.78 is 25.1. The lowest BCUT2D eigenvalue weighted by Crippen LogP contribution is -2.39. The monoisotopic (exact) mass is 240 g/mol. The van der Waals surface area contributed by atoms with Crippen molar-refractivity contribution < 1.29 is 13.6 Å². The van der Waals surface area contributed by atoms with E-state index in [0.29, 0.717) is 5.70 Å². The van der Waals surface area contributed by atoms with Gasteiger partial charge in [-0.3, -0.25) is 15.0 Å². The molecule has 2 rings (SSSR count). The molecular weight excluding hydrogens is 228 g/mol. The second-order valence-corrected chi connectivity index (χ2v) is 5.52. The third-order valence-corrected chi connectivity index (χ3v) is 4.12. The van der Waals surface area contributed by atoms with E-state index in [4.69, 9.17) is 5.21 Å². The summed E-state index contributed by atoms with van der Waals surface area (Å²) in [6, 6.07) is 6.65. The molecule has 16 heavy (non-hydrogen) atoms. The first-order valence-corrected chi connectivity index (χ1v) is 6.17. The van der Waals surface area contributed by atoms with Crippen LogP contribution in [0.1, 0.15) is 5.56 Å². The van der Waals surface area contributed by atoms with Crippen LogP contribution in [0.5, 0.6) is 0 Å². The Labute approximate surface area is 94.0 Å². The second-order valence-electron chi connectivity index (χ2n) is 3.63. The molecule has 0 atom stereocenters. The Kier molecular flexibility index (Phi) is 2.61. The lowest BCUT2D eigenvalue weighted by Gasteiger charge is -2.29. The molecule has 0 saturated heterocycles. The minimum atomic E-state index is -3.46. The second kappa shape index (κ2) is 3.80. The lowest BCUT2D eigenvalue weighted by atomic mass is 10.2. The molecule has 0 fully saturated rings. The number of hydrogen-bond acceptors (Lipinski definition) is 4. The van der Waals surface area contributed by atoms with Crippen LogP contribution in [0.15, 0.2) is 41.1 Å². The maximum absolute atomic E-state index is 12.0. The average Bonchev–Trinajstić information content (AvgIpc) is 2.16. The van der Waals surface area contributed by atoms with Crippen molar-refractivity contribution in [2.45, 2.75) is 11.8 Å². The molecule has 0 saturated carbocycles. The Morgan fingerprint density at radius 2 is 1.88 bits per heavy atom. The van der Waals surface area contributed by atoms with Crippen molar-refractivity contribution in [2.24, 2.45) is 0 Å².